The van der Waals surface area contributed by atoms with Gasteiger partial charge < -0.3 is 4.74 Å². The van der Waals surface area contributed by atoms with Crippen LogP contribution in [0.3, 0.4) is 0 Å². The van der Waals surface area contributed by atoms with Gasteiger partial charge in [-0.3, -0.25) is 0 Å². The summed E-state index contributed by atoms with van der Waals surface area (Å²) >= 11 is 0. The van der Waals surface area contributed by atoms with Crippen molar-refractivity contribution >= 4 is 5.97 Å². The summed E-state index contributed by atoms with van der Waals surface area (Å²) in [6.07, 6.45) is -5.15. The SMILES string of the molecule is C=C(C)C(=O)OCCC(F)(F)CC(F)(F)CC(C)(F)F. The van der Waals surface area contributed by atoms with Crippen molar-refractivity contribution in [3.63, 3.8) is 0 Å². The largest absolute Gasteiger partial charge is 0.462 e. The van der Waals surface area contributed by atoms with E-state index >= 15 is 0 Å². The Morgan fingerprint density at radius 1 is 1.05 bits per heavy atom. The first kappa shape index (κ1) is 18.8. The van der Waals surface area contributed by atoms with Crippen molar-refractivity contribution in [3.05, 3.63) is 12.2 Å². The number of halogens is 6. The molecule has 0 saturated carbocycles. The molecule has 0 unspecified atom stereocenters. The number of ether oxygens (including phenoxy) is 1. The topological polar surface area (TPSA) is 26.3 Å². The van der Waals surface area contributed by atoms with Crippen molar-refractivity contribution in [3.8, 4) is 0 Å². The Bertz CT molecular complexity index is 359. The quantitative estimate of drug-likeness (QED) is 0.381. The first-order valence-electron chi connectivity index (χ1n) is 5.70. The third-order valence-electron chi connectivity index (χ3n) is 2.14. The number of esters is 1. The van der Waals surface area contributed by atoms with E-state index in [0.717, 1.165) is 0 Å². The molecule has 0 radical (unpaired) electrons. The molecule has 118 valence electrons. The van der Waals surface area contributed by atoms with E-state index in [1.807, 2.05) is 0 Å². The van der Waals surface area contributed by atoms with Gasteiger partial charge in [-0.05, 0) is 13.8 Å². The van der Waals surface area contributed by atoms with Gasteiger partial charge in [0.25, 0.3) is 17.8 Å². The van der Waals surface area contributed by atoms with Crippen molar-refractivity contribution in [2.24, 2.45) is 0 Å². The highest BCUT2D eigenvalue weighted by Gasteiger charge is 2.47. The molecular formula is C12H16F6O2. The van der Waals surface area contributed by atoms with Crippen LogP contribution in [0.1, 0.15) is 33.1 Å². The molecule has 0 amide bonds. The Hall–Kier alpha value is -1.21. The summed E-state index contributed by atoms with van der Waals surface area (Å²) in [5.41, 5.74) is -0.0238. The van der Waals surface area contributed by atoms with Gasteiger partial charge in [0.2, 0.25) is 0 Å². The van der Waals surface area contributed by atoms with Gasteiger partial charge in [-0.2, -0.15) is 0 Å². The van der Waals surface area contributed by atoms with Gasteiger partial charge in [-0.15, -0.1) is 0 Å². The minimum Gasteiger partial charge on any atom is -0.462 e. The molecule has 0 atom stereocenters. The number of carbonyl (C=O) groups excluding carboxylic acids is 1. The highest BCUT2D eigenvalue weighted by atomic mass is 19.3. The summed E-state index contributed by atoms with van der Waals surface area (Å²) in [5.74, 6) is -12.8. The molecule has 0 aromatic heterocycles. The minimum atomic E-state index is -4.21. The molecule has 8 heteroatoms. The number of hydrogen-bond donors (Lipinski definition) is 0. The van der Waals surface area contributed by atoms with E-state index < -0.39 is 49.6 Å². The second kappa shape index (κ2) is 6.49. The maximum absolute atomic E-state index is 13.2. The predicted octanol–water partition coefficient (Wildman–Crippen LogP) is 4.20. The van der Waals surface area contributed by atoms with Gasteiger partial charge in [0.05, 0.1) is 19.4 Å². The number of rotatable bonds is 8. The highest BCUT2D eigenvalue weighted by Crippen LogP contribution is 2.39. The Balaban J connectivity index is 4.37. The van der Waals surface area contributed by atoms with E-state index in [1.165, 1.54) is 6.92 Å². The third kappa shape index (κ3) is 8.82. The number of carbonyl (C=O) groups is 1. The Morgan fingerprint density at radius 2 is 1.55 bits per heavy atom. The zero-order chi connectivity index (χ0) is 16.2. The van der Waals surface area contributed by atoms with Crippen molar-refractivity contribution < 1.29 is 35.9 Å². The average molecular weight is 306 g/mol. The van der Waals surface area contributed by atoms with Crippen LogP contribution in [0.15, 0.2) is 12.2 Å². The third-order valence-corrected chi connectivity index (χ3v) is 2.14. The molecule has 0 rings (SSSR count). The van der Waals surface area contributed by atoms with Crippen molar-refractivity contribution in [2.45, 2.75) is 50.9 Å². The van der Waals surface area contributed by atoms with Gasteiger partial charge in [-0.1, -0.05) is 6.58 Å². The molecule has 0 aliphatic heterocycles. The maximum atomic E-state index is 13.2. The fourth-order valence-electron chi connectivity index (χ4n) is 1.40. The Morgan fingerprint density at radius 3 is 1.95 bits per heavy atom. The van der Waals surface area contributed by atoms with E-state index in [1.54, 1.807) is 0 Å². The summed E-state index contributed by atoms with van der Waals surface area (Å²) in [7, 11) is 0. The highest BCUT2D eigenvalue weighted by molar-refractivity contribution is 5.86. The monoisotopic (exact) mass is 306 g/mol. The van der Waals surface area contributed by atoms with E-state index in [4.69, 9.17) is 0 Å². The van der Waals surface area contributed by atoms with Crippen LogP contribution >= 0.6 is 0 Å². The minimum absolute atomic E-state index is 0.0238. The van der Waals surface area contributed by atoms with Crippen molar-refractivity contribution in [1.82, 2.24) is 0 Å². The van der Waals surface area contributed by atoms with E-state index in [0.29, 0.717) is 0 Å². The molecule has 0 aliphatic rings. The molecule has 0 N–H and O–H groups in total. The summed E-state index contributed by atoms with van der Waals surface area (Å²) in [4.78, 5) is 10.9. The zero-order valence-electron chi connectivity index (χ0n) is 11.1. The van der Waals surface area contributed by atoms with Gasteiger partial charge in [0.15, 0.2) is 0 Å². The van der Waals surface area contributed by atoms with Crippen LogP contribution in [0.4, 0.5) is 26.3 Å². The van der Waals surface area contributed by atoms with E-state index in [-0.39, 0.29) is 12.5 Å². The molecule has 0 fully saturated rings. The molecule has 0 saturated heterocycles. The second-order valence-corrected chi connectivity index (χ2v) is 4.80. The Kier molecular flexibility index (Phi) is 6.10. The van der Waals surface area contributed by atoms with Gasteiger partial charge >= 0.3 is 5.97 Å². The lowest BCUT2D eigenvalue weighted by Gasteiger charge is -2.25. The standard InChI is InChI=1S/C12H16F6O2/c1-8(2)9(19)20-5-4-11(15,16)7-12(17,18)6-10(3,13)14/h1,4-7H2,2-3H3. The fraction of sp³-hybridized carbons (Fsp3) is 0.750. The summed E-state index contributed by atoms with van der Waals surface area (Å²) in [5, 5.41) is 0. The molecule has 20 heavy (non-hydrogen) atoms. The van der Waals surface area contributed by atoms with Crippen molar-refractivity contribution in [2.75, 3.05) is 6.61 Å². The van der Waals surface area contributed by atoms with E-state index in [2.05, 4.69) is 11.3 Å². The lowest BCUT2D eigenvalue weighted by molar-refractivity contribution is -0.159. The average Bonchev–Trinajstić information content (AvgIpc) is 2.10. The second-order valence-electron chi connectivity index (χ2n) is 4.80. The molecule has 0 spiro atoms. The molecule has 0 bridgehead atoms. The molecule has 2 nitrogen and oxygen atoms in total. The van der Waals surface area contributed by atoms with Gasteiger partial charge in [0.1, 0.15) is 0 Å². The van der Waals surface area contributed by atoms with Crippen LogP contribution in [-0.4, -0.2) is 30.3 Å². The fourth-order valence-corrected chi connectivity index (χ4v) is 1.40. The van der Waals surface area contributed by atoms with Gasteiger partial charge in [-0.25, -0.2) is 31.1 Å². The van der Waals surface area contributed by atoms with Crippen LogP contribution in [0.2, 0.25) is 0 Å². The molecule has 0 aliphatic carbocycles. The molecule has 0 aromatic rings. The summed E-state index contributed by atoms with van der Waals surface area (Å²) in [6.45, 7) is 3.93. The van der Waals surface area contributed by atoms with Crippen LogP contribution in [-0.2, 0) is 9.53 Å². The van der Waals surface area contributed by atoms with Crippen molar-refractivity contribution in [1.29, 1.82) is 0 Å². The van der Waals surface area contributed by atoms with Crippen LogP contribution in [0.5, 0.6) is 0 Å². The number of alkyl halides is 6. The maximum Gasteiger partial charge on any atom is 0.333 e. The van der Waals surface area contributed by atoms with Crippen LogP contribution in [0, 0.1) is 0 Å². The van der Waals surface area contributed by atoms with Gasteiger partial charge in [0, 0.05) is 12.0 Å². The lowest BCUT2D eigenvalue weighted by atomic mass is 10.0. The first-order valence-corrected chi connectivity index (χ1v) is 5.70. The summed E-state index contributed by atoms with van der Waals surface area (Å²) < 4.78 is 81.7. The molecular weight excluding hydrogens is 290 g/mol. The summed E-state index contributed by atoms with van der Waals surface area (Å²) in [6, 6.07) is 0. The smallest absolute Gasteiger partial charge is 0.333 e. The normalized spacial score (nSPS) is 13.2. The molecule has 0 aromatic carbocycles. The lowest BCUT2D eigenvalue weighted by Crippen LogP contribution is -2.34. The van der Waals surface area contributed by atoms with Crippen LogP contribution < -0.4 is 0 Å². The Labute approximate surface area is 112 Å². The molecule has 0 heterocycles. The first-order chi connectivity index (χ1) is 8.74. The predicted molar refractivity (Wildman–Crippen MR) is 60.1 cm³/mol. The van der Waals surface area contributed by atoms with E-state index in [9.17, 15) is 31.1 Å². The number of hydrogen-bond acceptors (Lipinski definition) is 2. The zero-order valence-corrected chi connectivity index (χ0v) is 11.1. The van der Waals surface area contributed by atoms with Crippen LogP contribution in [0.25, 0.3) is 0 Å².